The Morgan fingerprint density at radius 3 is 2.42 bits per heavy atom. The first kappa shape index (κ1) is 25.4. The van der Waals surface area contributed by atoms with Crippen LogP contribution in [0.5, 0.6) is 17.2 Å². The molecule has 0 aliphatic heterocycles. The molecule has 36 heavy (non-hydrogen) atoms. The van der Waals surface area contributed by atoms with E-state index >= 15 is 0 Å². The highest BCUT2D eigenvalue weighted by Gasteiger charge is 2.14. The Labute approximate surface area is 218 Å². The van der Waals surface area contributed by atoms with Crippen molar-refractivity contribution in [3.8, 4) is 17.2 Å². The molecule has 4 aromatic rings. The smallest absolute Gasteiger partial charge is 0.250 e. The second kappa shape index (κ2) is 11.8. The fraction of sp³-hybridized carbons (Fsp3) is 0.192. The number of carbonyl (C=O) groups is 1. The lowest BCUT2D eigenvalue weighted by Crippen LogP contribution is -2.20. The summed E-state index contributed by atoms with van der Waals surface area (Å²) in [6.07, 6.45) is 1.52. The molecule has 1 aromatic heterocycles. The molecule has 1 amide bonds. The molecule has 8 nitrogen and oxygen atoms in total. The maximum atomic E-state index is 12.5. The quantitative estimate of drug-likeness (QED) is 0.178. The Morgan fingerprint density at radius 2 is 1.75 bits per heavy atom. The van der Waals surface area contributed by atoms with E-state index in [2.05, 4.69) is 15.1 Å². The Bertz CT molecular complexity index is 1360. The number of imidazole rings is 1. The molecule has 3 aromatic carbocycles. The number of methoxy groups -OCH3 is 3. The number of hydrogen-bond donors (Lipinski definition) is 1. The number of para-hydroxylation sites is 2. The second-order valence-corrected chi connectivity index (χ2v) is 9.02. The van der Waals surface area contributed by atoms with Gasteiger partial charge in [0.1, 0.15) is 0 Å². The van der Waals surface area contributed by atoms with Crippen molar-refractivity contribution in [3.05, 3.63) is 76.8 Å². The van der Waals surface area contributed by atoms with Crippen LogP contribution in [0.15, 0.2) is 70.9 Å². The number of hydrogen-bond acceptors (Lipinski definition) is 7. The lowest BCUT2D eigenvalue weighted by Gasteiger charge is -2.12. The fourth-order valence-electron chi connectivity index (χ4n) is 3.61. The highest BCUT2D eigenvalue weighted by Crippen LogP contribution is 2.37. The third kappa shape index (κ3) is 5.92. The van der Waals surface area contributed by atoms with Crippen LogP contribution in [0.1, 0.15) is 11.1 Å². The molecule has 0 atom stereocenters. The van der Waals surface area contributed by atoms with Gasteiger partial charge in [-0.2, -0.15) is 5.10 Å². The molecule has 0 unspecified atom stereocenters. The van der Waals surface area contributed by atoms with Gasteiger partial charge < -0.3 is 18.8 Å². The largest absolute Gasteiger partial charge is 0.493 e. The number of fused-ring (bicyclic) bond motifs is 1. The molecular formula is C26H25ClN4O4S. The van der Waals surface area contributed by atoms with Crippen LogP contribution in [0.4, 0.5) is 0 Å². The van der Waals surface area contributed by atoms with E-state index in [1.165, 1.54) is 39.3 Å². The number of aromatic nitrogens is 2. The number of hydrazone groups is 1. The summed E-state index contributed by atoms with van der Waals surface area (Å²) in [5, 5.41) is 5.50. The van der Waals surface area contributed by atoms with Gasteiger partial charge >= 0.3 is 0 Å². The van der Waals surface area contributed by atoms with Crippen molar-refractivity contribution in [2.45, 2.75) is 11.7 Å². The van der Waals surface area contributed by atoms with Crippen LogP contribution in [-0.2, 0) is 11.3 Å². The summed E-state index contributed by atoms with van der Waals surface area (Å²) < 4.78 is 18.1. The molecule has 10 heteroatoms. The molecule has 0 fully saturated rings. The summed E-state index contributed by atoms with van der Waals surface area (Å²) >= 11 is 7.38. The van der Waals surface area contributed by atoms with E-state index in [1.54, 1.807) is 12.1 Å². The van der Waals surface area contributed by atoms with Crippen molar-refractivity contribution >= 4 is 46.5 Å². The van der Waals surface area contributed by atoms with Gasteiger partial charge in [-0.15, -0.1) is 0 Å². The van der Waals surface area contributed by atoms with Gasteiger partial charge in [-0.1, -0.05) is 47.6 Å². The maximum Gasteiger partial charge on any atom is 0.250 e. The van der Waals surface area contributed by atoms with Crippen LogP contribution in [0.3, 0.4) is 0 Å². The first-order valence-electron chi connectivity index (χ1n) is 11.0. The summed E-state index contributed by atoms with van der Waals surface area (Å²) in [6, 6.07) is 19.1. The van der Waals surface area contributed by atoms with E-state index in [4.69, 9.17) is 30.8 Å². The highest BCUT2D eigenvalue weighted by atomic mass is 35.5. The SMILES string of the molecule is COc1cc(C=NNC(=O)CSc2nc3ccccc3n2Cc2ccc(Cl)cc2)cc(OC)c1OC. The van der Waals surface area contributed by atoms with Crippen molar-refractivity contribution in [1.82, 2.24) is 15.0 Å². The first-order valence-corrected chi connectivity index (χ1v) is 12.3. The molecule has 0 saturated heterocycles. The molecule has 0 aliphatic rings. The lowest BCUT2D eigenvalue weighted by molar-refractivity contribution is -0.118. The minimum atomic E-state index is -0.256. The molecule has 1 heterocycles. The van der Waals surface area contributed by atoms with Gasteiger partial charge in [0.25, 0.3) is 5.91 Å². The summed E-state index contributed by atoms with van der Waals surface area (Å²) in [7, 11) is 4.62. The van der Waals surface area contributed by atoms with Gasteiger partial charge in [-0.3, -0.25) is 4.79 Å². The number of carbonyl (C=O) groups excluding carboxylic acids is 1. The van der Waals surface area contributed by atoms with Crippen LogP contribution in [0, 0.1) is 0 Å². The predicted octanol–water partition coefficient (Wildman–Crippen LogP) is 5.01. The number of nitrogens with zero attached hydrogens (tertiary/aromatic N) is 3. The van der Waals surface area contributed by atoms with Crippen molar-refractivity contribution in [3.63, 3.8) is 0 Å². The summed E-state index contributed by atoms with van der Waals surface area (Å²) in [5.41, 5.74) is 6.19. The number of ether oxygens (including phenoxy) is 3. The molecule has 0 saturated carbocycles. The molecular weight excluding hydrogens is 500 g/mol. The fourth-order valence-corrected chi connectivity index (χ4v) is 4.54. The first-order chi connectivity index (χ1) is 17.5. The molecule has 0 radical (unpaired) electrons. The van der Waals surface area contributed by atoms with E-state index in [-0.39, 0.29) is 11.7 Å². The van der Waals surface area contributed by atoms with Gasteiger partial charge in [-0.25, -0.2) is 10.4 Å². The number of thioether (sulfide) groups is 1. The van der Waals surface area contributed by atoms with Crippen molar-refractivity contribution in [2.75, 3.05) is 27.1 Å². The van der Waals surface area contributed by atoms with E-state index in [0.717, 1.165) is 21.8 Å². The highest BCUT2D eigenvalue weighted by molar-refractivity contribution is 7.99. The zero-order valence-electron chi connectivity index (χ0n) is 20.0. The van der Waals surface area contributed by atoms with Crippen LogP contribution in [0.2, 0.25) is 5.02 Å². The standard InChI is InChI=1S/C26H25ClN4O4S/c1-33-22-12-18(13-23(34-2)25(22)35-3)14-28-30-24(32)16-36-26-29-20-6-4-5-7-21(20)31(26)15-17-8-10-19(27)11-9-17/h4-14H,15-16H2,1-3H3,(H,30,32). The molecule has 0 spiro atoms. The number of amides is 1. The van der Waals surface area contributed by atoms with Gasteiger partial charge in [0, 0.05) is 10.6 Å². The topological polar surface area (TPSA) is 87.0 Å². The van der Waals surface area contributed by atoms with E-state index in [9.17, 15) is 4.79 Å². The molecule has 186 valence electrons. The third-order valence-electron chi connectivity index (χ3n) is 5.30. The van der Waals surface area contributed by atoms with Crippen LogP contribution >= 0.6 is 23.4 Å². The number of halogens is 1. The summed E-state index contributed by atoms with van der Waals surface area (Å²) in [5.74, 6) is 1.38. The number of benzene rings is 3. The molecule has 0 aliphatic carbocycles. The average molecular weight is 525 g/mol. The van der Waals surface area contributed by atoms with Crippen molar-refractivity contribution < 1.29 is 19.0 Å². The normalized spacial score (nSPS) is 11.1. The molecule has 0 bridgehead atoms. The van der Waals surface area contributed by atoms with Gasteiger partial charge in [0.2, 0.25) is 5.75 Å². The minimum absolute atomic E-state index is 0.149. The zero-order valence-corrected chi connectivity index (χ0v) is 21.6. The van der Waals surface area contributed by atoms with Crippen LogP contribution < -0.4 is 19.6 Å². The van der Waals surface area contributed by atoms with E-state index in [1.807, 2.05) is 48.5 Å². The number of nitrogens with one attached hydrogen (secondary N) is 1. The van der Waals surface area contributed by atoms with Crippen molar-refractivity contribution in [2.24, 2.45) is 5.10 Å². The Hall–Kier alpha value is -3.69. The maximum absolute atomic E-state index is 12.5. The van der Waals surface area contributed by atoms with Crippen LogP contribution in [0.25, 0.3) is 11.0 Å². The molecule has 4 rings (SSSR count). The van der Waals surface area contributed by atoms with Crippen LogP contribution in [-0.4, -0.2) is 48.8 Å². The lowest BCUT2D eigenvalue weighted by atomic mass is 10.2. The summed E-state index contributed by atoms with van der Waals surface area (Å²) in [4.78, 5) is 17.2. The van der Waals surface area contributed by atoms with Gasteiger partial charge in [-0.05, 0) is 42.0 Å². The van der Waals surface area contributed by atoms with Gasteiger partial charge in [0.05, 0.1) is 50.9 Å². The monoisotopic (exact) mass is 524 g/mol. The second-order valence-electron chi connectivity index (χ2n) is 7.64. The van der Waals surface area contributed by atoms with E-state index in [0.29, 0.717) is 34.4 Å². The predicted molar refractivity (Wildman–Crippen MR) is 143 cm³/mol. The van der Waals surface area contributed by atoms with Gasteiger partial charge in [0.15, 0.2) is 16.7 Å². The number of rotatable bonds is 10. The van der Waals surface area contributed by atoms with Crippen molar-refractivity contribution in [1.29, 1.82) is 0 Å². The Balaban J connectivity index is 1.44. The minimum Gasteiger partial charge on any atom is -0.493 e. The third-order valence-corrected chi connectivity index (χ3v) is 6.52. The molecule has 1 N–H and O–H groups in total. The Kier molecular flexibility index (Phi) is 8.35. The summed E-state index contributed by atoms with van der Waals surface area (Å²) in [6.45, 7) is 0.612. The Morgan fingerprint density at radius 1 is 1.06 bits per heavy atom. The van der Waals surface area contributed by atoms with E-state index < -0.39 is 0 Å². The average Bonchev–Trinajstić information content (AvgIpc) is 3.25. The zero-order chi connectivity index (χ0) is 25.5.